The highest BCUT2D eigenvalue weighted by Crippen LogP contribution is 2.34. The van der Waals surface area contributed by atoms with Crippen LogP contribution in [0.2, 0.25) is 0 Å². The lowest BCUT2D eigenvalue weighted by Crippen LogP contribution is -2.28. The molecule has 0 saturated carbocycles. The van der Waals surface area contributed by atoms with Crippen molar-refractivity contribution in [2.45, 2.75) is 33.1 Å². The summed E-state index contributed by atoms with van der Waals surface area (Å²) in [4.78, 5) is 40.5. The van der Waals surface area contributed by atoms with E-state index in [0.717, 1.165) is 41.0 Å². The van der Waals surface area contributed by atoms with Crippen molar-refractivity contribution in [3.05, 3.63) is 53.6 Å². The van der Waals surface area contributed by atoms with Crippen LogP contribution < -0.4 is 15.1 Å². The molecule has 3 amide bonds. The number of hydrogen-bond donors (Lipinski definition) is 1. The summed E-state index contributed by atoms with van der Waals surface area (Å²) in [5, 5.41) is 2.95. The number of fused-ring (bicyclic) bond motifs is 1. The lowest BCUT2D eigenvalue weighted by atomic mass is 10.1. The molecule has 2 aliphatic heterocycles. The van der Waals surface area contributed by atoms with E-state index in [9.17, 15) is 14.4 Å². The van der Waals surface area contributed by atoms with Gasteiger partial charge in [-0.2, -0.15) is 0 Å². The van der Waals surface area contributed by atoms with Crippen LogP contribution >= 0.6 is 0 Å². The maximum atomic E-state index is 12.7. The van der Waals surface area contributed by atoms with Crippen molar-refractivity contribution >= 4 is 34.8 Å². The molecule has 0 bridgehead atoms. The van der Waals surface area contributed by atoms with Crippen LogP contribution in [0.15, 0.2) is 42.5 Å². The number of amides is 3. The summed E-state index contributed by atoms with van der Waals surface area (Å²) < 4.78 is 0. The van der Waals surface area contributed by atoms with Gasteiger partial charge in [0.1, 0.15) is 0 Å². The first-order chi connectivity index (χ1) is 14.0. The van der Waals surface area contributed by atoms with Crippen LogP contribution in [-0.2, 0) is 27.2 Å². The molecule has 150 valence electrons. The molecule has 0 spiro atoms. The van der Waals surface area contributed by atoms with Gasteiger partial charge in [-0.1, -0.05) is 19.1 Å². The molecule has 29 heavy (non-hydrogen) atoms. The van der Waals surface area contributed by atoms with Crippen molar-refractivity contribution in [1.29, 1.82) is 0 Å². The van der Waals surface area contributed by atoms with E-state index in [1.807, 2.05) is 42.5 Å². The summed E-state index contributed by atoms with van der Waals surface area (Å²) in [5.41, 5.74) is 4.70. The Morgan fingerprint density at radius 3 is 2.76 bits per heavy atom. The fourth-order valence-corrected chi connectivity index (χ4v) is 4.13. The van der Waals surface area contributed by atoms with Gasteiger partial charge in [-0.3, -0.25) is 14.4 Å². The number of rotatable bonds is 4. The highest BCUT2D eigenvalue weighted by molar-refractivity contribution is 6.04. The number of aryl methyl sites for hydroxylation is 1. The van der Waals surface area contributed by atoms with Crippen LogP contribution in [0.4, 0.5) is 17.1 Å². The van der Waals surface area contributed by atoms with Crippen molar-refractivity contribution in [1.82, 2.24) is 0 Å². The van der Waals surface area contributed by atoms with Crippen molar-refractivity contribution < 1.29 is 14.4 Å². The topological polar surface area (TPSA) is 69.7 Å². The maximum absolute atomic E-state index is 12.7. The lowest BCUT2D eigenvalue weighted by Gasteiger charge is -2.19. The highest BCUT2D eigenvalue weighted by Gasteiger charge is 2.36. The lowest BCUT2D eigenvalue weighted by molar-refractivity contribution is -0.122. The van der Waals surface area contributed by atoms with Gasteiger partial charge in [0.15, 0.2) is 0 Å². The molecule has 6 heteroatoms. The van der Waals surface area contributed by atoms with E-state index in [4.69, 9.17) is 0 Å². The predicted molar refractivity (Wildman–Crippen MR) is 113 cm³/mol. The third-order valence-corrected chi connectivity index (χ3v) is 5.75. The van der Waals surface area contributed by atoms with Crippen molar-refractivity contribution in [2.24, 2.45) is 5.92 Å². The third-order valence-electron chi connectivity index (χ3n) is 5.75. The number of carbonyl (C=O) groups excluding carboxylic acids is 3. The van der Waals surface area contributed by atoms with E-state index >= 15 is 0 Å². The Balaban J connectivity index is 1.47. The van der Waals surface area contributed by atoms with Crippen LogP contribution in [0.25, 0.3) is 0 Å². The molecular weight excluding hydrogens is 366 g/mol. The number of carbonyl (C=O) groups is 3. The number of benzene rings is 2. The van der Waals surface area contributed by atoms with Crippen LogP contribution in [0.3, 0.4) is 0 Å². The molecule has 0 aromatic heterocycles. The molecular formula is C23H25N3O3. The zero-order valence-corrected chi connectivity index (χ0v) is 16.8. The largest absolute Gasteiger partial charge is 0.326 e. The Morgan fingerprint density at radius 2 is 2.00 bits per heavy atom. The molecule has 2 aromatic carbocycles. The van der Waals surface area contributed by atoms with Gasteiger partial charge in [0.05, 0.1) is 5.92 Å². The quantitative estimate of drug-likeness (QED) is 0.870. The third kappa shape index (κ3) is 3.75. The van der Waals surface area contributed by atoms with Crippen LogP contribution in [0.5, 0.6) is 0 Å². The van der Waals surface area contributed by atoms with Gasteiger partial charge >= 0.3 is 0 Å². The Morgan fingerprint density at radius 1 is 1.17 bits per heavy atom. The van der Waals surface area contributed by atoms with Crippen molar-refractivity contribution in [2.75, 3.05) is 28.2 Å². The van der Waals surface area contributed by atoms with Gasteiger partial charge in [0.2, 0.25) is 17.7 Å². The van der Waals surface area contributed by atoms with Gasteiger partial charge < -0.3 is 15.1 Å². The highest BCUT2D eigenvalue weighted by atomic mass is 16.2. The molecule has 6 nitrogen and oxygen atoms in total. The summed E-state index contributed by atoms with van der Waals surface area (Å²) in [5.74, 6) is -0.528. The Kier molecular flexibility index (Phi) is 5.09. The molecule has 1 saturated heterocycles. The van der Waals surface area contributed by atoms with Gasteiger partial charge in [-0.15, -0.1) is 0 Å². The Labute approximate surface area is 170 Å². The fraction of sp³-hybridized carbons (Fsp3) is 0.348. The Bertz CT molecular complexity index is 985. The van der Waals surface area contributed by atoms with Crippen molar-refractivity contribution in [3.63, 3.8) is 0 Å². The van der Waals surface area contributed by atoms with Crippen molar-refractivity contribution in [3.8, 4) is 0 Å². The number of hydrogen-bond acceptors (Lipinski definition) is 3. The Hall–Kier alpha value is -3.15. The predicted octanol–water partition coefficient (Wildman–Crippen LogP) is 3.15. The summed E-state index contributed by atoms with van der Waals surface area (Å²) in [6, 6.07) is 13.5. The normalized spacial score (nSPS) is 18.1. The smallest absolute Gasteiger partial charge is 0.229 e. The van der Waals surface area contributed by atoms with E-state index in [1.165, 1.54) is 0 Å². The molecule has 0 aliphatic carbocycles. The summed E-state index contributed by atoms with van der Waals surface area (Å²) in [6.45, 7) is 4.67. The average molecular weight is 391 g/mol. The molecule has 0 radical (unpaired) electrons. The minimum absolute atomic E-state index is 0.0256. The summed E-state index contributed by atoms with van der Waals surface area (Å²) in [6.07, 6.45) is 1.89. The molecule has 1 atom stereocenters. The number of nitrogens with one attached hydrogen (secondary N) is 1. The maximum Gasteiger partial charge on any atom is 0.229 e. The standard InChI is InChI=1S/C23H25N3O3/c1-3-16-5-4-6-19(11-16)24-23(29)18-13-22(28)26(14-18)20-7-8-21-17(12-20)9-10-25(21)15(2)27/h4-8,11-12,18H,3,9-10,13-14H2,1-2H3,(H,24,29). The average Bonchev–Trinajstić information content (AvgIpc) is 3.31. The SMILES string of the molecule is CCc1cccc(NC(=O)C2CC(=O)N(c3ccc4c(c3)CCN4C(C)=O)C2)c1. The molecule has 2 aromatic rings. The van der Waals surface area contributed by atoms with E-state index in [1.54, 1.807) is 16.7 Å². The number of anilines is 3. The second kappa shape index (κ2) is 7.70. The fourth-order valence-electron chi connectivity index (χ4n) is 4.13. The summed E-state index contributed by atoms with van der Waals surface area (Å²) in [7, 11) is 0. The van der Waals surface area contributed by atoms with E-state index in [0.29, 0.717) is 13.1 Å². The second-order valence-corrected chi connectivity index (χ2v) is 7.68. The van der Waals surface area contributed by atoms with Gasteiger partial charge in [-0.25, -0.2) is 0 Å². The van der Waals surface area contributed by atoms with Gasteiger partial charge in [0.25, 0.3) is 0 Å². The second-order valence-electron chi connectivity index (χ2n) is 7.68. The summed E-state index contributed by atoms with van der Waals surface area (Å²) >= 11 is 0. The van der Waals surface area contributed by atoms with Crippen LogP contribution in [-0.4, -0.2) is 30.8 Å². The molecule has 1 N–H and O–H groups in total. The molecule has 2 aliphatic rings. The molecule has 1 fully saturated rings. The van der Waals surface area contributed by atoms with E-state index < -0.39 is 0 Å². The van der Waals surface area contributed by atoms with Gasteiger partial charge in [-0.05, 0) is 54.3 Å². The first-order valence-electron chi connectivity index (χ1n) is 10.1. The first kappa shape index (κ1) is 19.2. The van der Waals surface area contributed by atoms with Gasteiger partial charge in [0, 0.05) is 43.5 Å². The van der Waals surface area contributed by atoms with E-state index in [-0.39, 0.29) is 30.1 Å². The van der Waals surface area contributed by atoms with E-state index in [2.05, 4.69) is 12.2 Å². The van der Waals surface area contributed by atoms with Crippen LogP contribution in [0.1, 0.15) is 31.4 Å². The minimum atomic E-state index is -0.380. The number of nitrogens with zero attached hydrogens (tertiary/aromatic N) is 2. The molecule has 4 rings (SSSR count). The minimum Gasteiger partial charge on any atom is -0.326 e. The molecule has 1 unspecified atom stereocenters. The zero-order valence-electron chi connectivity index (χ0n) is 16.8. The zero-order chi connectivity index (χ0) is 20.5. The monoisotopic (exact) mass is 391 g/mol. The van der Waals surface area contributed by atoms with Crippen LogP contribution in [0, 0.1) is 5.92 Å². The molecule has 2 heterocycles. The first-order valence-corrected chi connectivity index (χ1v) is 10.1.